The molecule has 2 heterocycles. The average Bonchev–Trinajstić information content (AvgIpc) is 2.30. The highest BCUT2D eigenvalue weighted by atomic mass is 16.5. The zero-order valence-electron chi connectivity index (χ0n) is 8.87. The molecular formula is C10H20N2O2. The van der Waals surface area contributed by atoms with Gasteiger partial charge in [-0.2, -0.15) is 0 Å². The summed E-state index contributed by atoms with van der Waals surface area (Å²) >= 11 is 0. The Kier molecular flexibility index (Phi) is 3.75. The number of ether oxygens (including phenoxy) is 2. The number of rotatable bonds is 2. The molecule has 14 heavy (non-hydrogen) atoms. The van der Waals surface area contributed by atoms with Crippen molar-refractivity contribution in [2.75, 3.05) is 46.5 Å². The molecule has 4 heteroatoms. The summed E-state index contributed by atoms with van der Waals surface area (Å²) in [5.74, 6) is 0. The fraction of sp³-hybridized carbons (Fsp3) is 1.00. The first-order valence-corrected chi connectivity index (χ1v) is 5.47. The third kappa shape index (κ3) is 2.25. The summed E-state index contributed by atoms with van der Waals surface area (Å²) in [7, 11) is 1.79. The van der Waals surface area contributed by atoms with Crippen LogP contribution in [-0.4, -0.2) is 63.5 Å². The van der Waals surface area contributed by atoms with Crippen molar-refractivity contribution in [2.45, 2.75) is 18.6 Å². The molecule has 0 unspecified atom stereocenters. The van der Waals surface area contributed by atoms with Gasteiger partial charge in [0.1, 0.15) is 0 Å². The molecule has 2 saturated heterocycles. The van der Waals surface area contributed by atoms with Crippen molar-refractivity contribution in [3.05, 3.63) is 0 Å². The van der Waals surface area contributed by atoms with Gasteiger partial charge in [-0.1, -0.05) is 0 Å². The fourth-order valence-corrected chi connectivity index (χ4v) is 2.36. The molecule has 0 aromatic heterocycles. The first-order chi connectivity index (χ1) is 6.92. The Bertz CT molecular complexity index is 172. The van der Waals surface area contributed by atoms with E-state index in [0.29, 0.717) is 6.04 Å². The molecular weight excluding hydrogens is 180 g/mol. The van der Waals surface area contributed by atoms with E-state index in [-0.39, 0.29) is 6.10 Å². The van der Waals surface area contributed by atoms with Crippen molar-refractivity contribution in [2.24, 2.45) is 0 Å². The van der Waals surface area contributed by atoms with Gasteiger partial charge < -0.3 is 14.8 Å². The number of nitrogens with one attached hydrogen (secondary N) is 1. The van der Waals surface area contributed by atoms with Crippen molar-refractivity contribution in [1.29, 1.82) is 0 Å². The molecule has 0 aromatic rings. The molecule has 2 rings (SSSR count). The summed E-state index contributed by atoms with van der Waals surface area (Å²) < 4.78 is 10.9. The molecule has 0 aliphatic carbocycles. The lowest BCUT2D eigenvalue weighted by molar-refractivity contribution is -0.0846. The van der Waals surface area contributed by atoms with Crippen molar-refractivity contribution >= 4 is 0 Å². The third-order valence-corrected chi connectivity index (χ3v) is 3.19. The van der Waals surface area contributed by atoms with E-state index in [4.69, 9.17) is 9.47 Å². The van der Waals surface area contributed by atoms with Gasteiger partial charge in [-0.25, -0.2) is 0 Å². The summed E-state index contributed by atoms with van der Waals surface area (Å²) in [6.07, 6.45) is 1.38. The van der Waals surface area contributed by atoms with E-state index in [0.717, 1.165) is 45.8 Å². The predicted molar refractivity (Wildman–Crippen MR) is 54.5 cm³/mol. The summed E-state index contributed by atoms with van der Waals surface area (Å²) in [6, 6.07) is 0.566. The van der Waals surface area contributed by atoms with E-state index < -0.39 is 0 Å². The van der Waals surface area contributed by atoms with Gasteiger partial charge >= 0.3 is 0 Å². The molecule has 2 fully saturated rings. The van der Waals surface area contributed by atoms with Gasteiger partial charge in [-0.05, 0) is 6.42 Å². The van der Waals surface area contributed by atoms with Gasteiger partial charge in [0.25, 0.3) is 0 Å². The number of hydrogen-bond donors (Lipinski definition) is 1. The topological polar surface area (TPSA) is 33.7 Å². The minimum Gasteiger partial charge on any atom is -0.379 e. The molecule has 1 N–H and O–H groups in total. The van der Waals surface area contributed by atoms with E-state index in [2.05, 4.69) is 10.2 Å². The summed E-state index contributed by atoms with van der Waals surface area (Å²) in [6.45, 7) is 6.14. The predicted octanol–water partition coefficient (Wildman–Crippen LogP) is -0.304. The molecule has 0 spiro atoms. The van der Waals surface area contributed by atoms with E-state index >= 15 is 0 Å². The number of methoxy groups -OCH3 is 1. The number of piperazine rings is 1. The van der Waals surface area contributed by atoms with Crippen LogP contribution < -0.4 is 5.32 Å². The third-order valence-electron chi connectivity index (χ3n) is 3.19. The van der Waals surface area contributed by atoms with E-state index in [1.54, 1.807) is 7.11 Å². The van der Waals surface area contributed by atoms with Crippen LogP contribution in [0, 0.1) is 0 Å². The molecule has 0 aromatic carbocycles. The van der Waals surface area contributed by atoms with Crippen molar-refractivity contribution < 1.29 is 9.47 Å². The second-order valence-corrected chi connectivity index (χ2v) is 3.99. The minimum atomic E-state index is 0.266. The van der Waals surface area contributed by atoms with Crippen LogP contribution in [0.15, 0.2) is 0 Å². The van der Waals surface area contributed by atoms with Gasteiger partial charge in [-0.15, -0.1) is 0 Å². The maximum Gasteiger partial charge on any atom is 0.0960 e. The lowest BCUT2D eigenvalue weighted by Gasteiger charge is -2.40. The molecule has 2 aliphatic rings. The highest BCUT2D eigenvalue weighted by Gasteiger charge is 2.31. The standard InChI is InChI=1S/C10H20N2O2/c1-13-10-8-14-7-2-9(10)12-5-3-11-4-6-12/h9-11H,2-8H2,1H3/t9-,10-/m0/s1. The van der Waals surface area contributed by atoms with Crippen LogP contribution in [0.5, 0.6) is 0 Å². The monoisotopic (exact) mass is 200 g/mol. The number of hydrogen-bond acceptors (Lipinski definition) is 4. The van der Waals surface area contributed by atoms with Crippen LogP contribution in [0.25, 0.3) is 0 Å². The minimum absolute atomic E-state index is 0.266. The molecule has 2 atom stereocenters. The van der Waals surface area contributed by atoms with Crippen LogP contribution >= 0.6 is 0 Å². The Balaban J connectivity index is 1.91. The molecule has 4 nitrogen and oxygen atoms in total. The normalized spacial score (nSPS) is 35.8. The average molecular weight is 200 g/mol. The molecule has 82 valence electrons. The lowest BCUT2D eigenvalue weighted by atomic mass is 10.0. The highest BCUT2D eigenvalue weighted by molar-refractivity contribution is 4.85. The van der Waals surface area contributed by atoms with Crippen LogP contribution in [0.4, 0.5) is 0 Å². The Morgan fingerprint density at radius 1 is 1.36 bits per heavy atom. The molecule has 0 amide bonds. The molecule has 0 radical (unpaired) electrons. The second-order valence-electron chi connectivity index (χ2n) is 3.99. The van der Waals surface area contributed by atoms with Gasteiger partial charge in [0.15, 0.2) is 0 Å². The first kappa shape index (κ1) is 10.4. The van der Waals surface area contributed by atoms with Crippen LogP contribution in [0.2, 0.25) is 0 Å². The van der Waals surface area contributed by atoms with Crippen LogP contribution in [-0.2, 0) is 9.47 Å². The van der Waals surface area contributed by atoms with E-state index in [1.807, 2.05) is 0 Å². The van der Waals surface area contributed by atoms with Crippen LogP contribution in [0.3, 0.4) is 0 Å². The van der Waals surface area contributed by atoms with E-state index in [9.17, 15) is 0 Å². The first-order valence-electron chi connectivity index (χ1n) is 5.47. The zero-order chi connectivity index (χ0) is 9.80. The van der Waals surface area contributed by atoms with Gasteiger partial charge in [0.2, 0.25) is 0 Å². The highest BCUT2D eigenvalue weighted by Crippen LogP contribution is 2.17. The largest absolute Gasteiger partial charge is 0.379 e. The van der Waals surface area contributed by atoms with E-state index in [1.165, 1.54) is 0 Å². The summed E-state index contributed by atoms with van der Waals surface area (Å²) in [4.78, 5) is 2.53. The van der Waals surface area contributed by atoms with Gasteiger partial charge in [0.05, 0.1) is 12.7 Å². The zero-order valence-corrected chi connectivity index (χ0v) is 8.87. The fourth-order valence-electron chi connectivity index (χ4n) is 2.36. The van der Waals surface area contributed by atoms with Crippen LogP contribution in [0.1, 0.15) is 6.42 Å². The Hall–Kier alpha value is -0.160. The maximum absolute atomic E-state index is 5.47. The summed E-state index contributed by atoms with van der Waals surface area (Å²) in [5.41, 5.74) is 0. The molecule has 0 bridgehead atoms. The lowest BCUT2D eigenvalue weighted by Crippen LogP contribution is -2.55. The van der Waals surface area contributed by atoms with Crippen molar-refractivity contribution in [3.63, 3.8) is 0 Å². The maximum atomic E-state index is 5.47. The summed E-state index contributed by atoms with van der Waals surface area (Å²) in [5, 5.41) is 3.37. The second kappa shape index (κ2) is 5.07. The number of nitrogens with zero attached hydrogens (tertiary/aromatic N) is 1. The SMILES string of the molecule is CO[C@H]1COCC[C@@H]1N1CCNCC1. The Morgan fingerprint density at radius 2 is 2.14 bits per heavy atom. The Labute approximate surface area is 85.5 Å². The van der Waals surface area contributed by atoms with Gasteiger partial charge in [0, 0.05) is 45.9 Å². The van der Waals surface area contributed by atoms with Gasteiger partial charge in [-0.3, -0.25) is 4.90 Å². The smallest absolute Gasteiger partial charge is 0.0960 e. The molecule has 2 aliphatic heterocycles. The molecule has 0 saturated carbocycles. The quantitative estimate of drug-likeness (QED) is 0.663. The van der Waals surface area contributed by atoms with Crippen molar-refractivity contribution in [1.82, 2.24) is 10.2 Å². The Morgan fingerprint density at radius 3 is 2.86 bits per heavy atom. The van der Waals surface area contributed by atoms with Crippen molar-refractivity contribution in [3.8, 4) is 0 Å².